The van der Waals surface area contributed by atoms with E-state index in [1.807, 2.05) is 25.2 Å². The molecule has 0 saturated carbocycles. The maximum atomic E-state index is 5.90. The van der Waals surface area contributed by atoms with Gasteiger partial charge in [-0.2, -0.15) is 4.98 Å². The molecule has 0 aliphatic carbocycles. The van der Waals surface area contributed by atoms with E-state index in [-0.39, 0.29) is 0 Å². The Morgan fingerprint density at radius 2 is 2.27 bits per heavy atom. The highest BCUT2D eigenvalue weighted by atomic mass is 79.9. The zero-order chi connectivity index (χ0) is 11.0. The molecular weight excluding hydrogens is 298 g/mol. The smallest absolute Gasteiger partial charge is 0.216 e. The minimum absolute atomic E-state index is 0.524. The second kappa shape index (κ2) is 4.08. The molecule has 0 amide bonds. The Kier molecular flexibility index (Phi) is 2.95. The molecule has 0 unspecified atom stereocenters. The molecule has 6 heteroatoms. The highest BCUT2D eigenvalue weighted by molar-refractivity contribution is 9.10. The Labute approximate surface area is 105 Å². The summed E-state index contributed by atoms with van der Waals surface area (Å²) >= 11 is 14.3. The molecule has 0 aliphatic rings. The highest BCUT2D eigenvalue weighted by Crippen LogP contribution is 2.27. The molecule has 0 radical (unpaired) electrons. The lowest BCUT2D eigenvalue weighted by molar-refractivity contribution is 0.756. The van der Waals surface area contributed by atoms with E-state index >= 15 is 0 Å². The van der Waals surface area contributed by atoms with Crippen LogP contribution in [0.2, 0.25) is 5.02 Å². The second-order valence-corrected chi connectivity index (χ2v) is 4.67. The van der Waals surface area contributed by atoms with Crippen molar-refractivity contribution in [3.63, 3.8) is 0 Å². The minimum atomic E-state index is 0.524. The van der Waals surface area contributed by atoms with Crippen LogP contribution in [0.25, 0.3) is 11.4 Å². The van der Waals surface area contributed by atoms with E-state index in [2.05, 4.69) is 26.0 Å². The summed E-state index contributed by atoms with van der Waals surface area (Å²) in [4.78, 5) is 4.21. The van der Waals surface area contributed by atoms with Gasteiger partial charge in [-0.3, -0.25) is 9.78 Å². The molecule has 0 atom stereocenters. The number of H-pyrrole nitrogens is 1. The molecule has 3 nitrogen and oxygen atoms in total. The first-order valence-corrected chi connectivity index (χ1v) is 5.74. The summed E-state index contributed by atoms with van der Waals surface area (Å²) < 4.78 is 3.05. The summed E-state index contributed by atoms with van der Waals surface area (Å²) in [5, 5.41) is 3.72. The number of hydrogen-bond donors (Lipinski definition) is 1. The number of benzene rings is 1. The van der Waals surface area contributed by atoms with Gasteiger partial charge in [0.15, 0.2) is 5.82 Å². The fourth-order valence-corrected chi connectivity index (χ4v) is 1.81. The number of aryl methyl sites for hydroxylation is 1. The average Bonchev–Trinajstić information content (AvgIpc) is 2.52. The molecule has 0 fully saturated rings. The van der Waals surface area contributed by atoms with Gasteiger partial charge in [-0.1, -0.05) is 11.6 Å². The molecule has 1 aromatic carbocycles. The topological polar surface area (TPSA) is 33.6 Å². The second-order valence-electron chi connectivity index (χ2n) is 3.04. The summed E-state index contributed by atoms with van der Waals surface area (Å²) in [6.07, 6.45) is 0. The van der Waals surface area contributed by atoms with Crippen LogP contribution >= 0.6 is 39.7 Å². The molecule has 0 aliphatic heterocycles. The summed E-state index contributed by atoms with van der Waals surface area (Å²) in [5.74, 6) is 0.736. The van der Waals surface area contributed by atoms with Gasteiger partial charge in [0.05, 0.1) is 5.02 Å². The van der Waals surface area contributed by atoms with E-state index in [9.17, 15) is 0 Å². The molecule has 1 aromatic heterocycles. The van der Waals surface area contributed by atoms with Crippen molar-refractivity contribution in [1.29, 1.82) is 0 Å². The lowest BCUT2D eigenvalue weighted by Crippen LogP contribution is -1.89. The van der Waals surface area contributed by atoms with E-state index in [4.69, 9.17) is 23.8 Å². The Hall–Kier alpha value is -0.650. The highest BCUT2D eigenvalue weighted by Gasteiger charge is 2.05. The van der Waals surface area contributed by atoms with E-state index in [0.29, 0.717) is 9.79 Å². The lowest BCUT2D eigenvalue weighted by Gasteiger charge is -1.99. The molecule has 0 spiro atoms. The standard InChI is InChI=1S/C9H7BrClN3S/c1-14-9(15)12-8(13-14)5-2-3-7(11)6(10)4-5/h2-4H,1H3,(H,12,13,15). The fourth-order valence-electron chi connectivity index (χ4n) is 1.17. The van der Waals surface area contributed by atoms with Crippen molar-refractivity contribution < 1.29 is 0 Å². The molecule has 15 heavy (non-hydrogen) atoms. The maximum absolute atomic E-state index is 5.90. The zero-order valence-corrected chi connectivity index (χ0v) is 10.9. The van der Waals surface area contributed by atoms with Crippen LogP contribution in [0, 0.1) is 4.77 Å². The first-order valence-electron chi connectivity index (χ1n) is 4.16. The van der Waals surface area contributed by atoms with Gasteiger partial charge in [0, 0.05) is 17.1 Å². The molecule has 1 heterocycles. The van der Waals surface area contributed by atoms with E-state index in [1.54, 1.807) is 4.68 Å². The van der Waals surface area contributed by atoms with E-state index in [0.717, 1.165) is 15.9 Å². The van der Waals surface area contributed by atoms with E-state index < -0.39 is 0 Å². The number of aromatic nitrogens is 3. The van der Waals surface area contributed by atoms with E-state index in [1.165, 1.54) is 0 Å². The first kappa shape index (κ1) is 10.9. The van der Waals surface area contributed by atoms with Crippen molar-refractivity contribution in [2.75, 3.05) is 0 Å². The molecular formula is C9H7BrClN3S. The molecule has 1 N–H and O–H groups in total. The lowest BCUT2D eigenvalue weighted by atomic mass is 10.2. The van der Waals surface area contributed by atoms with Gasteiger partial charge in [0.25, 0.3) is 0 Å². The third-order valence-electron chi connectivity index (χ3n) is 1.96. The normalized spacial score (nSPS) is 10.6. The predicted octanol–water partition coefficient (Wildman–Crippen LogP) is 3.56. The van der Waals surface area contributed by atoms with Crippen LogP contribution in [0.3, 0.4) is 0 Å². The summed E-state index contributed by atoms with van der Waals surface area (Å²) in [6.45, 7) is 0. The number of nitrogens with zero attached hydrogens (tertiary/aromatic N) is 2. The largest absolute Gasteiger partial charge is 0.279 e. The Bertz CT molecular complexity index is 561. The third-order valence-corrected chi connectivity index (χ3v) is 3.54. The zero-order valence-electron chi connectivity index (χ0n) is 7.79. The Morgan fingerprint density at radius 3 is 2.80 bits per heavy atom. The summed E-state index contributed by atoms with van der Waals surface area (Å²) in [5.41, 5.74) is 0.943. The molecule has 78 valence electrons. The Morgan fingerprint density at radius 1 is 1.53 bits per heavy atom. The van der Waals surface area contributed by atoms with Crippen molar-refractivity contribution in [3.05, 3.63) is 32.5 Å². The van der Waals surface area contributed by atoms with Gasteiger partial charge < -0.3 is 0 Å². The van der Waals surface area contributed by atoms with Crippen LogP contribution in [0.1, 0.15) is 0 Å². The third kappa shape index (κ3) is 2.14. The van der Waals surface area contributed by atoms with Gasteiger partial charge in [-0.15, -0.1) is 0 Å². The van der Waals surface area contributed by atoms with Gasteiger partial charge >= 0.3 is 0 Å². The fraction of sp³-hybridized carbons (Fsp3) is 0.111. The number of aromatic amines is 1. The van der Waals surface area contributed by atoms with Crippen LogP contribution in [-0.2, 0) is 7.05 Å². The van der Waals surface area contributed by atoms with Crippen LogP contribution in [0.15, 0.2) is 22.7 Å². The first-order chi connectivity index (χ1) is 7.08. The van der Waals surface area contributed by atoms with Crippen LogP contribution in [0.4, 0.5) is 0 Å². The monoisotopic (exact) mass is 303 g/mol. The van der Waals surface area contributed by atoms with Crippen LogP contribution < -0.4 is 0 Å². The van der Waals surface area contributed by atoms with Crippen molar-refractivity contribution in [1.82, 2.24) is 14.8 Å². The number of hydrogen-bond acceptors (Lipinski definition) is 2. The minimum Gasteiger partial charge on any atom is -0.279 e. The van der Waals surface area contributed by atoms with Gasteiger partial charge in [0.1, 0.15) is 0 Å². The van der Waals surface area contributed by atoms with Crippen molar-refractivity contribution in [2.24, 2.45) is 7.05 Å². The Balaban J connectivity index is 2.54. The molecule has 2 rings (SSSR count). The van der Waals surface area contributed by atoms with Crippen molar-refractivity contribution in [2.45, 2.75) is 0 Å². The van der Waals surface area contributed by atoms with Gasteiger partial charge in [-0.05, 0) is 46.3 Å². The molecule has 2 aromatic rings. The summed E-state index contributed by atoms with van der Waals surface area (Å²) in [7, 11) is 1.82. The molecule has 0 saturated heterocycles. The quantitative estimate of drug-likeness (QED) is 0.817. The van der Waals surface area contributed by atoms with Gasteiger partial charge in [0.2, 0.25) is 4.77 Å². The maximum Gasteiger partial charge on any atom is 0.216 e. The van der Waals surface area contributed by atoms with Crippen molar-refractivity contribution >= 4 is 39.7 Å². The van der Waals surface area contributed by atoms with Crippen molar-refractivity contribution in [3.8, 4) is 11.4 Å². The predicted molar refractivity (Wildman–Crippen MR) is 66.5 cm³/mol. The number of rotatable bonds is 1. The molecule has 0 bridgehead atoms. The average molecular weight is 305 g/mol. The number of halogens is 2. The van der Waals surface area contributed by atoms with Crippen LogP contribution in [0.5, 0.6) is 0 Å². The van der Waals surface area contributed by atoms with Crippen LogP contribution in [-0.4, -0.2) is 14.8 Å². The SMILES string of the molecule is Cn1[nH]c(-c2ccc(Cl)c(Br)c2)nc1=S. The van der Waals surface area contributed by atoms with Gasteiger partial charge in [-0.25, -0.2) is 0 Å². The number of nitrogens with one attached hydrogen (secondary N) is 1. The summed E-state index contributed by atoms with van der Waals surface area (Å²) in [6, 6.07) is 5.60.